The minimum atomic E-state index is -3.74. The number of ether oxygens (including phenoxy) is 1. The van der Waals surface area contributed by atoms with Crippen molar-refractivity contribution >= 4 is 27.5 Å². The Morgan fingerprint density at radius 1 is 1.03 bits per heavy atom. The normalized spacial score (nSPS) is 13.0. The molecule has 2 atom stereocenters. The van der Waals surface area contributed by atoms with E-state index in [0.717, 1.165) is 22.5 Å². The molecule has 0 saturated heterocycles. The second-order valence-electron chi connectivity index (χ2n) is 8.22. The van der Waals surface area contributed by atoms with E-state index in [4.69, 9.17) is 4.74 Å². The van der Waals surface area contributed by atoms with Crippen LogP contribution in [0.15, 0.2) is 54.6 Å². The third-order valence-electron chi connectivity index (χ3n) is 5.60. The van der Waals surface area contributed by atoms with Crippen LogP contribution in [0.1, 0.15) is 39.2 Å². The first-order valence-corrected chi connectivity index (χ1v) is 13.2. The van der Waals surface area contributed by atoms with Gasteiger partial charge in [-0.15, -0.1) is 0 Å². The number of sulfonamides is 1. The lowest BCUT2D eigenvalue weighted by Gasteiger charge is -2.33. The summed E-state index contributed by atoms with van der Waals surface area (Å²) in [5, 5.41) is 2.95. The minimum Gasteiger partial charge on any atom is -0.497 e. The Hall–Kier alpha value is -3.07. The van der Waals surface area contributed by atoms with Crippen LogP contribution in [-0.2, 0) is 26.2 Å². The number of nitrogens with one attached hydrogen (secondary N) is 1. The highest BCUT2D eigenvalue weighted by Crippen LogP contribution is 2.21. The minimum absolute atomic E-state index is 0.0489. The average Bonchev–Trinajstić information content (AvgIpc) is 2.82. The van der Waals surface area contributed by atoms with E-state index >= 15 is 0 Å². The molecule has 2 rings (SSSR count). The Morgan fingerprint density at radius 2 is 1.71 bits per heavy atom. The summed E-state index contributed by atoms with van der Waals surface area (Å²) >= 11 is 0. The zero-order valence-electron chi connectivity index (χ0n) is 20.5. The molecule has 9 heteroatoms. The topological polar surface area (TPSA) is 96.0 Å². The van der Waals surface area contributed by atoms with Gasteiger partial charge in [-0.1, -0.05) is 44.2 Å². The Morgan fingerprint density at radius 3 is 2.26 bits per heavy atom. The number of anilines is 1. The maximum atomic E-state index is 13.6. The summed E-state index contributed by atoms with van der Waals surface area (Å²) in [4.78, 5) is 28.1. The van der Waals surface area contributed by atoms with Crippen LogP contribution in [0.3, 0.4) is 0 Å². The second-order valence-corrected chi connectivity index (χ2v) is 10.1. The maximum absolute atomic E-state index is 13.6. The summed E-state index contributed by atoms with van der Waals surface area (Å²) in [5.41, 5.74) is 1.16. The van der Waals surface area contributed by atoms with Gasteiger partial charge in [-0.2, -0.15) is 0 Å². The third-order valence-corrected chi connectivity index (χ3v) is 6.74. The summed E-state index contributed by atoms with van der Waals surface area (Å²) < 4.78 is 31.5. The monoisotopic (exact) mass is 489 g/mol. The first-order chi connectivity index (χ1) is 16.1. The Labute approximate surface area is 202 Å². The van der Waals surface area contributed by atoms with Crippen molar-refractivity contribution in [1.29, 1.82) is 0 Å². The second kappa shape index (κ2) is 12.4. The van der Waals surface area contributed by atoms with E-state index in [0.29, 0.717) is 17.9 Å². The molecule has 1 N–H and O–H groups in total. The molecule has 2 aromatic carbocycles. The van der Waals surface area contributed by atoms with Crippen LogP contribution in [0.5, 0.6) is 5.75 Å². The standard InChI is InChI=1S/C25H35N3O5S/c1-6-19(3)26-25(30)23(7-2)27(17-20-12-11-15-22(16-20)33-4)24(29)18-28(34(5,31)32)21-13-9-8-10-14-21/h8-16,19,23H,6-7,17-18H2,1-5H3,(H,26,30)/t19-,23+/m0/s1. The molecule has 2 aromatic rings. The van der Waals surface area contributed by atoms with Crippen molar-refractivity contribution in [2.45, 2.75) is 52.2 Å². The molecule has 0 saturated carbocycles. The number of para-hydroxylation sites is 1. The first kappa shape index (κ1) is 27.2. The molecule has 0 radical (unpaired) electrons. The zero-order valence-corrected chi connectivity index (χ0v) is 21.3. The SMILES string of the molecule is CC[C@H](C(=O)N[C@@H](C)CC)N(Cc1cccc(OC)c1)C(=O)CN(c1ccccc1)S(C)(=O)=O. The molecule has 34 heavy (non-hydrogen) atoms. The van der Waals surface area contributed by atoms with Gasteiger partial charge in [0.2, 0.25) is 21.8 Å². The van der Waals surface area contributed by atoms with Crippen LogP contribution < -0.4 is 14.4 Å². The number of hydrogen-bond donors (Lipinski definition) is 1. The van der Waals surface area contributed by atoms with Crippen LogP contribution in [0.25, 0.3) is 0 Å². The summed E-state index contributed by atoms with van der Waals surface area (Å²) in [6.45, 7) is 5.42. The number of nitrogens with zero attached hydrogens (tertiary/aromatic N) is 2. The van der Waals surface area contributed by atoms with E-state index in [-0.39, 0.29) is 18.5 Å². The third kappa shape index (κ3) is 7.48. The molecule has 186 valence electrons. The van der Waals surface area contributed by atoms with Gasteiger partial charge in [0.05, 0.1) is 19.1 Å². The van der Waals surface area contributed by atoms with Gasteiger partial charge in [0.25, 0.3) is 0 Å². The van der Waals surface area contributed by atoms with Crippen LogP contribution in [0.4, 0.5) is 5.69 Å². The quantitative estimate of drug-likeness (QED) is 0.494. The molecule has 2 amide bonds. The number of methoxy groups -OCH3 is 1. The maximum Gasteiger partial charge on any atom is 0.244 e. The van der Waals surface area contributed by atoms with Gasteiger partial charge >= 0.3 is 0 Å². The lowest BCUT2D eigenvalue weighted by atomic mass is 10.1. The van der Waals surface area contributed by atoms with Gasteiger partial charge in [0.15, 0.2) is 0 Å². The smallest absolute Gasteiger partial charge is 0.244 e. The van der Waals surface area contributed by atoms with E-state index in [9.17, 15) is 18.0 Å². The highest BCUT2D eigenvalue weighted by Gasteiger charge is 2.32. The van der Waals surface area contributed by atoms with Crippen LogP contribution in [0.2, 0.25) is 0 Å². The van der Waals surface area contributed by atoms with Gasteiger partial charge in [-0.3, -0.25) is 13.9 Å². The molecule has 0 spiro atoms. The fourth-order valence-electron chi connectivity index (χ4n) is 3.54. The fraction of sp³-hybridized carbons (Fsp3) is 0.440. The zero-order chi connectivity index (χ0) is 25.3. The summed E-state index contributed by atoms with van der Waals surface area (Å²) in [6, 6.07) is 14.9. The molecule has 0 bridgehead atoms. The van der Waals surface area contributed by atoms with Gasteiger partial charge in [-0.05, 0) is 49.6 Å². The van der Waals surface area contributed by atoms with Crippen molar-refractivity contribution < 1.29 is 22.7 Å². The van der Waals surface area contributed by atoms with Crippen molar-refractivity contribution in [2.75, 3.05) is 24.2 Å². The number of benzene rings is 2. The Balaban J connectivity index is 2.43. The molecule has 0 unspecified atom stereocenters. The molecule has 0 fully saturated rings. The molecule has 0 aliphatic carbocycles. The van der Waals surface area contributed by atoms with Crippen molar-refractivity contribution in [3.8, 4) is 5.75 Å². The Bertz CT molecular complexity index is 1060. The summed E-state index contributed by atoms with van der Waals surface area (Å²) in [5.74, 6) is -0.106. The Kier molecular flexibility index (Phi) is 9.92. The van der Waals surface area contributed by atoms with Crippen LogP contribution in [0, 0.1) is 0 Å². The number of amides is 2. The van der Waals surface area contributed by atoms with Crippen molar-refractivity contribution in [3.63, 3.8) is 0 Å². The lowest BCUT2D eigenvalue weighted by Crippen LogP contribution is -2.53. The average molecular weight is 490 g/mol. The number of hydrogen-bond acceptors (Lipinski definition) is 5. The largest absolute Gasteiger partial charge is 0.497 e. The van der Waals surface area contributed by atoms with Gasteiger partial charge in [0, 0.05) is 12.6 Å². The molecular weight excluding hydrogens is 454 g/mol. The molecule has 0 aromatic heterocycles. The predicted molar refractivity (Wildman–Crippen MR) is 134 cm³/mol. The predicted octanol–water partition coefficient (Wildman–Crippen LogP) is 3.18. The molecule has 0 aliphatic heterocycles. The van der Waals surface area contributed by atoms with Gasteiger partial charge < -0.3 is 15.0 Å². The van der Waals surface area contributed by atoms with E-state index in [2.05, 4.69) is 5.32 Å². The van der Waals surface area contributed by atoms with E-state index < -0.39 is 28.5 Å². The highest BCUT2D eigenvalue weighted by molar-refractivity contribution is 7.92. The lowest BCUT2D eigenvalue weighted by molar-refractivity contribution is -0.140. The highest BCUT2D eigenvalue weighted by atomic mass is 32.2. The number of carbonyl (C=O) groups excluding carboxylic acids is 2. The molecule has 0 aliphatic rings. The van der Waals surface area contributed by atoms with Crippen molar-refractivity contribution in [2.24, 2.45) is 0 Å². The molecule has 8 nitrogen and oxygen atoms in total. The molecule has 0 heterocycles. The molecular formula is C25H35N3O5S. The van der Waals surface area contributed by atoms with E-state index in [1.165, 1.54) is 4.90 Å². The number of rotatable bonds is 12. The first-order valence-electron chi connectivity index (χ1n) is 11.4. The summed E-state index contributed by atoms with van der Waals surface area (Å²) in [6.07, 6.45) is 2.19. The van der Waals surface area contributed by atoms with Crippen molar-refractivity contribution in [3.05, 3.63) is 60.2 Å². The fourth-order valence-corrected chi connectivity index (χ4v) is 4.39. The van der Waals surface area contributed by atoms with Crippen LogP contribution in [-0.4, -0.2) is 57.1 Å². The van der Waals surface area contributed by atoms with Gasteiger partial charge in [0.1, 0.15) is 18.3 Å². The van der Waals surface area contributed by atoms with E-state index in [1.807, 2.05) is 32.9 Å². The van der Waals surface area contributed by atoms with Crippen molar-refractivity contribution in [1.82, 2.24) is 10.2 Å². The number of carbonyl (C=O) groups is 2. The van der Waals surface area contributed by atoms with Crippen LogP contribution >= 0.6 is 0 Å². The van der Waals surface area contributed by atoms with Gasteiger partial charge in [-0.25, -0.2) is 8.42 Å². The van der Waals surface area contributed by atoms with E-state index in [1.54, 1.807) is 49.6 Å². The summed E-state index contributed by atoms with van der Waals surface area (Å²) in [7, 11) is -2.18.